The van der Waals surface area contributed by atoms with Gasteiger partial charge in [0.15, 0.2) is 5.78 Å². The molecule has 4 atom stereocenters. The number of fused-ring (bicyclic) bond motifs is 5. The third kappa shape index (κ3) is 1.33. The molecule has 1 aromatic carbocycles. The number of imide groups is 1. The Balaban J connectivity index is 1.78. The van der Waals surface area contributed by atoms with Crippen molar-refractivity contribution in [1.29, 1.82) is 0 Å². The van der Waals surface area contributed by atoms with Gasteiger partial charge in [-0.1, -0.05) is 24.3 Å². The van der Waals surface area contributed by atoms with E-state index < -0.39 is 17.9 Å². The van der Waals surface area contributed by atoms with E-state index in [0.29, 0.717) is 5.69 Å². The van der Waals surface area contributed by atoms with Crippen LogP contribution in [0.1, 0.15) is 0 Å². The van der Waals surface area contributed by atoms with Crippen LogP contribution in [0.2, 0.25) is 0 Å². The fourth-order valence-electron chi connectivity index (χ4n) is 3.42. The number of rotatable bonds is 1. The Hall–Kier alpha value is -2.27. The fourth-order valence-corrected chi connectivity index (χ4v) is 3.42. The quantitative estimate of drug-likeness (QED) is 0.743. The van der Waals surface area contributed by atoms with Gasteiger partial charge in [0.05, 0.1) is 23.6 Å². The van der Waals surface area contributed by atoms with E-state index in [2.05, 4.69) is 5.32 Å². The Morgan fingerprint density at radius 2 is 1.65 bits per heavy atom. The van der Waals surface area contributed by atoms with E-state index in [9.17, 15) is 14.4 Å². The molecule has 5 heteroatoms. The van der Waals surface area contributed by atoms with Crippen LogP contribution in [-0.2, 0) is 14.4 Å². The van der Waals surface area contributed by atoms with Crippen LogP contribution in [0.5, 0.6) is 0 Å². The molecule has 0 aliphatic carbocycles. The maximum atomic E-state index is 12.6. The SMILES string of the molecule is O=C1C=C[C@@H]2N[C@H]1C1C(=O)N(c3ccccc3)C(=O)C12. The normalized spacial score (nSPS) is 34.8. The fraction of sp³-hybridized carbons (Fsp3) is 0.267. The molecule has 2 saturated heterocycles. The second-order valence-corrected chi connectivity index (χ2v) is 5.33. The minimum absolute atomic E-state index is 0.121. The maximum absolute atomic E-state index is 12.6. The first-order valence-corrected chi connectivity index (χ1v) is 6.59. The number of hydrogen-bond acceptors (Lipinski definition) is 4. The number of hydrogen-bond donors (Lipinski definition) is 1. The molecule has 1 aromatic rings. The summed E-state index contributed by atoms with van der Waals surface area (Å²) in [7, 11) is 0. The highest BCUT2D eigenvalue weighted by Gasteiger charge is 2.60. The summed E-state index contributed by atoms with van der Waals surface area (Å²) < 4.78 is 0. The van der Waals surface area contributed by atoms with E-state index in [1.807, 2.05) is 6.07 Å². The van der Waals surface area contributed by atoms with Gasteiger partial charge in [-0.3, -0.25) is 19.7 Å². The minimum atomic E-state index is -0.574. The number of nitrogens with one attached hydrogen (secondary N) is 1. The van der Waals surface area contributed by atoms with Crippen molar-refractivity contribution in [2.24, 2.45) is 11.8 Å². The van der Waals surface area contributed by atoms with Gasteiger partial charge in [0.1, 0.15) is 0 Å². The average Bonchev–Trinajstić information content (AvgIpc) is 2.91. The molecule has 2 unspecified atom stereocenters. The molecule has 100 valence electrons. The zero-order valence-corrected chi connectivity index (χ0v) is 10.5. The Kier molecular flexibility index (Phi) is 2.23. The number of benzene rings is 1. The molecule has 2 fully saturated rings. The molecule has 0 spiro atoms. The third-order valence-corrected chi connectivity index (χ3v) is 4.30. The molecule has 0 radical (unpaired) electrons. The smallest absolute Gasteiger partial charge is 0.239 e. The number of amides is 2. The van der Waals surface area contributed by atoms with E-state index in [-0.39, 0.29) is 23.6 Å². The van der Waals surface area contributed by atoms with Crippen molar-refractivity contribution < 1.29 is 14.4 Å². The lowest BCUT2D eigenvalue weighted by molar-refractivity contribution is -0.126. The standard InChI is InChI=1S/C15H12N2O3/c18-10-7-6-9-11-12(13(10)16-9)15(20)17(14(11)19)8-4-2-1-3-5-8/h1-7,9,11-13,16H/t9-,11?,12?,13+/m0/s1. The molecule has 3 aliphatic rings. The lowest BCUT2D eigenvalue weighted by Crippen LogP contribution is -2.46. The number of nitrogens with zero attached hydrogens (tertiary/aromatic N) is 1. The second kappa shape index (κ2) is 3.86. The van der Waals surface area contributed by atoms with E-state index in [1.165, 1.54) is 11.0 Å². The molecule has 2 amide bonds. The minimum Gasteiger partial charge on any atom is -0.299 e. The van der Waals surface area contributed by atoms with Crippen molar-refractivity contribution in [3.63, 3.8) is 0 Å². The van der Waals surface area contributed by atoms with E-state index in [0.717, 1.165) is 0 Å². The first kappa shape index (κ1) is 11.5. The second-order valence-electron chi connectivity index (χ2n) is 5.33. The summed E-state index contributed by atoms with van der Waals surface area (Å²) in [5, 5.41) is 3.07. The van der Waals surface area contributed by atoms with Crippen LogP contribution < -0.4 is 10.2 Å². The van der Waals surface area contributed by atoms with Gasteiger partial charge in [-0.05, 0) is 18.2 Å². The molecule has 4 rings (SSSR count). The van der Waals surface area contributed by atoms with Crippen LogP contribution in [0.15, 0.2) is 42.5 Å². The van der Waals surface area contributed by atoms with Gasteiger partial charge in [0.2, 0.25) is 11.8 Å². The third-order valence-electron chi connectivity index (χ3n) is 4.30. The lowest BCUT2D eigenvalue weighted by atomic mass is 9.90. The summed E-state index contributed by atoms with van der Waals surface area (Å²) >= 11 is 0. The van der Waals surface area contributed by atoms with Crippen LogP contribution >= 0.6 is 0 Å². The Bertz CT molecular complexity index is 652. The number of para-hydroxylation sites is 1. The largest absolute Gasteiger partial charge is 0.299 e. The molecule has 20 heavy (non-hydrogen) atoms. The van der Waals surface area contributed by atoms with Gasteiger partial charge in [-0.15, -0.1) is 0 Å². The highest BCUT2D eigenvalue weighted by Crippen LogP contribution is 2.41. The van der Waals surface area contributed by atoms with Crippen molar-refractivity contribution in [1.82, 2.24) is 5.32 Å². The molecular weight excluding hydrogens is 256 g/mol. The highest BCUT2D eigenvalue weighted by molar-refractivity contribution is 6.24. The highest BCUT2D eigenvalue weighted by atomic mass is 16.2. The van der Waals surface area contributed by atoms with Gasteiger partial charge < -0.3 is 0 Å². The van der Waals surface area contributed by atoms with E-state index >= 15 is 0 Å². The molecule has 0 saturated carbocycles. The van der Waals surface area contributed by atoms with Gasteiger partial charge >= 0.3 is 0 Å². The molecule has 0 aromatic heterocycles. The number of carbonyl (C=O) groups is 3. The van der Waals surface area contributed by atoms with Crippen LogP contribution in [0.4, 0.5) is 5.69 Å². The number of anilines is 1. The average molecular weight is 268 g/mol. The predicted molar refractivity (Wildman–Crippen MR) is 70.8 cm³/mol. The van der Waals surface area contributed by atoms with Gasteiger partial charge in [-0.2, -0.15) is 0 Å². The number of ketones is 1. The Labute approximate surface area is 115 Å². The van der Waals surface area contributed by atoms with Crippen molar-refractivity contribution in [3.05, 3.63) is 42.5 Å². The van der Waals surface area contributed by atoms with Crippen LogP contribution in [0.3, 0.4) is 0 Å². The molecule has 3 heterocycles. The topological polar surface area (TPSA) is 66.5 Å². The van der Waals surface area contributed by atoms with Crippen LogP contribution in [0.25, 0.3) is 0 Å². The zero-order chi connectivity index (χ0) is 13.9. The first-order chi connectivity index (χ1) is 9.68. The summed E-state index contributed by atoms with van der Waals surface area (Å²) in [4.78, 5) is 38.2. The summed E-state index contributed by atoms with van der Waals surface area (Å²) in [5.74, 6) is -1.65. The van der Waals surface area contributed by atoms with Crippen molar-refractivity contribution >= 4 is 23.3 Å². The van der Waals surface area contributed by atoms with Gasteiger partial charge in [-0.25, -0.2) is 4.90 Å². The Morgan fingerprint density at radius 3 is 2.40 bits per heavy atom. The molecule has 5 nitrogen and oxygen atoms in total. The van der Waals surface area contributed by atoms with Crippen molar-refractivity contribution in [2.45, 2.75) is 12.1 Å². The monoisotopic (exact) mass is 268 g/mol. The summed E-state index contributed by atoms with van der Waals surface area (Å²) in [5.41, 5.74) is 0.575. The Morgan fingerprint density at radius 1 is 0.950 bits per heavy atom. The summed E-state index contributed by atoms with van der Waals surface area (Å²) in [6.07, 6.45) is 3.18. The molecule has 2 bridgehead atoms. The first-order valence-electron chi connectivity index (χ1n) is 6.59. The van der Waals surface area contributed by atoms with Crippen LogP contribution in [-0.4, -0.2) is 29.7 Å². The van der Waals surface area contributed by atoms with Crippen LogP contribution in [0, 0.1) is 11.8 Å². The molecular formula is C15H12N2O3. The summed E-state index contributed by atoms with van der Waals surface area (Å²) in [6.45, 7) is 0. The zero-order valence-electron chi connectivity index (χ0n) is 10.5. The number of carbonyl (C=O) groups excluding carboxylic acids is 3. The van der Waals surface area contributed by atoms with Gasteiger partial charge in [0.25, 0.3) is 0 Å². The van der Waals surface area contributed by atoms with Gasteiger partial charge in [0, 0.05) is 6.04 Å². The van der Waals surface area contributed by atoms with E-state index in [4.69, 9.17) is 0 Å². The van der Waals surface area contributed by atoms with E-state index in [1.54, 1.807) is 30.3 Å². The maximum Gasteiger partial charge on any atom is 0.239 e. The van der Waals surface area contributed by atoms with Crippen molar-refractivity contribution in [3.8, 4) is 0 Å². The van der Waals surface area contributed by atoms with Crippen molar-refractivity contribution in [2.75, 3.05) is 4.90 Å². The lowest BCUT2D eigenvalue weighted by Gasteiger charge is -2.22. The molecule has 3 aliphatic heterocycles. The molecule has 1 N–H and O–H groups in total. The summed E-state index contributed by atoms with van der Waals surface area (Å²) in [6, 6.07) is 8.10. The predicted octanol–water partition coefficient (Wildman–Crippen LogP) is 0.271.